The van der Waals surface area contributed by atoms with Crippen LogP contribution >= 0.6 is 23.1 Å². The van der Waals surface area contributed by atoms with Crippen molar-refractivity contribution in [3.63, 3.8) is 0 Å². The highest BCUT2D eigenvalue weighted by molar-refractivity contribution is 8.01. The quantitative estimate of drug-likeness (QED) is 0.586. The molecule has 1 heterocycles. The fourth-order valence-electron chi connectivity index (χ4n) is 1.79. The van der Waals surface area contributed by atoms with E-state index in [1.165, 1.54) is 28.7 Å². The van der Waals surface area contributed by atoms with Crippen LogP contribution < -0.4 is 5.32 Å². The number of amides is 1. The number of hydrogen-bond donors (Lipinski definition) is 1. The monoisotopic (exact) mass is 348 g/mol. The number of rotatable bonds is 8. The molecule has 122 valence electrons. The number of carbonyl (C=O) groups is 1. The molecule has 0 saturated heterocycles. The van der Waals surface area contributed by atoms with Crippen molar-refractivity contribution in [2.75, 3.05) is 24.7 Å². The first-order valence-corrected chi connectivity index (χ1v) is 8.99. The number of aromatic nitrogens is 2. The highest BCUT2D eigenvalue weighted by Gasteiger charge is 2.12. The predicted molar refractivity (Wildman–Crippen MR) is 97.0 cm³/mol. The molecule has 0 aliphatic heterocycles. The Morgan fingerprint density at radius 1 is 1.39 bits per heavy atom. The van der Waals surface area contributed by atoms with Crippen LogP contribution in [0.5, 0.6) is 0 Å². The summed E-state index contributed by atoms with van der Waals surface area (Å²) in [5.41, 5.74) is 2.35. The van der Waals surface area contributed by atoms with Gasteiger partial charge in [-0.2, -0.15) is 0 Å². The van der Waals surface area contributed by atoms with E-state index in [-0.39, 0.29) is 5.91 Å². The van der Waals surface area contributed by atoms with Crippen LogP contribution in [0.3, 0.4) is 0 Å². The Kier molecular flexibility index (Phi) is 6.61. The van der Waals surface area contributed by atoms with E-state index in [9.17, 15) is 4.79 Å². The van der Waals surface area contributed by atoms with Crippen LogP contribution in [-0.4, -0.2) is 40.3 Å². The molecule has 0 bridgehead atoms. The number of nitrogens with zero attached hydrogens (tertiary/aromatic N) is 3. The van der Waals surface area contributed by atoms with Crippen LogP contribution in [0.4, 0.5) is 5.13 Å². The number of anilines is 1. The second-order valence-electron chi connectivity index (χ2n) is 5.07. The summed E-state index contributed by atoms with van der Waals surface area (Å²) in [7, 11) is 1.82. The number of thioether (sulfide) groups is 1. The summed E-state index contributed by atoms with van der Waals surface area (Å²) in [6.07, 6.45) is 1.76. The zero-order valence-corrected chi connectivity index (χ0v) is 14.9. The summed E-state index contributed by atoms with van der Waals surface area (Å²) >= 11 is 2.86. The number of carbonyl (C=O) groups excluding carboxylic acids is 1. The van der Waals surface area contributed by atoms with Gasteiger partial charge in [0.15, 0.2) is 4.34 Å². The van der Waals surface area contributed by atoms with Gasteiger partial charge >= 0.3 is 0 Å². The highest BCUT2D eigenvalue weighted by atomic mass is 32.2. The van der Waals surface area contributed by atoms with Crippen LogP contribution in [0.2, 0.25) is 0 Å². The Morgan fingerprint density at radius 3 is 2.83 bits per heavy atom. The van der Waals surface area contributed by atoms with Crippen molar-refractivity contribution in [1.82, 2.24) is 15.1 Å². The first-order valence-electron chi connectivity index (χ1n) is 7.19. The van der Waals surface area contributed by atoms with Gasteiger partial charge in [-0.25, -0.2) is 0 Å². The first-order chi connectivity index (χ1) is 11.1. The van der Waals surface area contributed by atoms with Gasteiger partial charge in [0, 0.05) is 20.1 Å². The molecule has 1 aromatic heterocycles. The third-order valence-corrected chi connectivity index (χ3v) is 5.09. The molecule has 2 aromatic rings. The van der Waals surface area contributed by atoms with Gasteiger partial charge in [-0.15, -0.1) is 16.8 Å². The molecule has 0 atom stereocenters. The lowest BCUT2D eigenvalue weighted by Gasteiger charge is -2.16. The molecule has 0 spiro atoms. The Morgan fingerprint density at radius 2 is 2.13 bits per heavy atom. The zero-order valence-electron chi connectivity index (χ0n) is 13.3. The fraction of sp³-hybridized carbons (Fsp3) is 0.312. The molecule has 0 fully saturated rings. The summed E-state index contributed by atoms with van der Waals surface area (Å²) in [6.45, 7) is 6.95. The number of benzene rings is 1. The van der Waals surface area contributed by atoms with E-state index in [0.717, 1.165) is 15.0 Å². The molecule has 23 heavy (non-hydrogen) atoms. The summed E-state index contributed by atoms with van der Waals surface area (Å²) in [6, 6.07) is 8.21. The lowest BCUT2D eigenvalue weighted by molar-refractivity contribution is -0.127. The van der Waals surface area contributed by atoms with Crippen molar-refractivity contribution >= 4 is 34.1 Å². The van der Waals surface area contributed by atoms with Gasteiger partial charge in [0.25, 0.3) is 0 Å². The Hall–Kier alpha value is -1.86. The van der Waals surface area contributed by atoms with E-state index < -0.39 is 0 Å². The second kappa shape index (κ2) is 8.69. The minimum atomic E-state index is 0.0753. The van der Waals surface area contributed by atoms with E-state index in [4.69, 9.17) is 0 Å². The molecule has 0 aliphatic carbocycles. The molecule has 7 heteroatoms. The average molecular weight is 348 g/mol. The SMILES string of the molecule is C=CCNc1nnc(SCC(=O)N(C)Cc2ccc(C)cc2)s1. The Bertz CT molecular complexity index is 654. The van der Waals surface area contributed by atoms with E-state index in [2.05, 4.69) is 53.3 Å². The van der Waals surface area contributed by atoms with Crippen molar-refractivity contribution < 1.29 is 4.79 Å². The smallest absolute Gasteiger partial charge is 0.233 e. The molecule has 1 amide bonds. The van der Waals surface area contributed by atoms with Crippen LogP contribution in [-0.2, 0) is 11.3 Å². The molecule has 0 unspecified atom stereocenters. The topological polar surface area (TPSA) is 58.1 Å². The van der Waals surface area contributed by atoms with Gasteiger partial charge in [0.2, 0.25) is 11.0 Å². The molecule has 0 aliphatic rings. The molecule has 5 nitrogen and oxygen atoms in total. The summed E-state index contributed by atoms with van der Waals surface area (Å²) in [4.78, 5) is 13.9. The Balaban J connectivity index is 1.80. The molecule has 0 saturated carbocycles. The summed E-state index contributed by atoms with van der Waals surface area (Å²) in [5.74, 6) is 0.435. The standard InChI is InChI=1S/C16H20N4OS2/c1-4-9-17-15-18-19-16(23-15)22-11-14(21)20(3)10-13-7-5-12(2)6-8-13/h4-8H,1,9-11H2,2-3H3,(H,17,18). The molecule has 1 N–H and O–H groups in total. The first kappa shape index (κ1) is 17.5. The second-order valence-corrected chi connectivity index (χ2v) is 7.27. The van der Waals surface area contributed by atoms with Crippen molar-refractivity contribution in [3.8, 4) is 0 Å². The molecule has 1 aromatic carbocycles. The summed E-state index contributed by atoms with van der Waals surface area (Å²) < 4.78 is 0.786. The van der Waals surface area contributed by atoms with Crippen LogP contribution in [0.15, 0.2) is 41.3 Å². The minimum Gasteiger partial charge on any atom is -0.357 e. The third-order valence-electron chi connectivity index (χ3n) is 3.09. The normalized spacial score (nSPS) is 10.3. The van der Waals surface area contributed by atoms with Crippen LogP contribution in [0.25, 0.3) is 0 Å². The molecule has 2 rings (SSSR count). The highest BCUT2D eigenvalue weighted by Crippen LogP contribution is 2.25. The molecular formula is C16H20N4OS2. The van der Waals surface area contributed by atoms with Gasteiger partial charge in [-0.3, -0.25) is 4.79 Å². The maximum absolute atomic E-state index is 12.2. The average Bonchev–Trinajstić information content (AvgIpc) is 3.00. The lowest BCUT2D eigenvalue weighted by Crippen LogP contribution is -2.27. The van der Waals surface area contributed by atoms with E-state index in [1.807, 2.05) is 7.05 Å². The summed E-state index contributed by atoms with van der Waals surface area (Å²) in [5, 5.41) is 11.9. The molecular weight excluding hydrogens is 328 g/mol. The maximum Gasteiger partial charge on any atom is 0.233 e. The van der Waals surface area contributed by atoms with E-state index >= 15 is 0 Å². The predicted octanol–water partition coefficient (Wildman–Crippen LogP) is 3.20. The van der Waals surface area contributed by atoms with E-state index in [0.29, 0.717) is 18.8 Å². The van der Waals surface area contributed by atoms with E-state index in [1.54, 1.807) is 11.0 Å². The van der Waals surface area contributed by atoms with Gasteiger partial charge < -0.3 is 10.2 Å². The minimum absolute atomic E-state index is 0.0753. The van der Waals surface area contributed by atoms with Crippen LogP contribution in [0.1, 0.15) is 11.1 Å². The van der Waals surface area contributed by atoms with Crippen LogP contribution in [0, 0.1) is 6.92 Å². The van der Waals surface area contributed by atoms with Crippen molar-refractivity contribution in [2.24, 2.45) is 0 Å². The molecule has 0 radical (unpaired) electrons. The fourth-order valence-corrected chi connectivity index (χ4v) is 3.49. The van der Waals surface area contributed by atoms with Gasteiger partial charge in [0.1, 0.15) is 0 Å². The number of aryl methyl sites for hydroxylation is 1. The largest absolute Gasteiger partial charge is 0.357 e. The Labute approximate surface area is 144 Å². The zero-order chi connectivity index (χ0) is 16.7. The number of nitrogens with one attached hydrogen (secondary N) is 1. The van der Waals surface area contributed by atoms with Gasteiger partial charge in [0.05, 0.1) is 5.75 Å². The number of hydrogen-bond acceptors (Lipinski definition) is 6. The van der Waals surface area contributed by atoms with Crippen molar-refractivity contribution in [1.29, 1.82) is 0 Å². The van der Waals surface area contributed by atoms with Gasteiger partial charge in [-0.1, -0.05) is 59.0 Å². The lowest BCUT2D eigenvalue weighted by atomic mass is 10.1. The third kappa shape index (κ3) is 5.69. The van der Waals surface area contributed by atoms with Crippen molar-refractivity contribution in [2.45, 2.75) is 17.8 Å². The van der Waals surface area contributed by atoms with Gasteiger partial charge in [-0.05, 0) is 12.5 Å². The van der Waals surface area contributed by atoms with Crippen molar-refractivity contribution in [3.05, 3.63) is 48.0 Å². The maximum atomic E-state index is 12.2.